The second-order valence-corrected chi connectivity index (χ2v) is 5.31. The first-order valence-electron chi connectivity index (χ1n) is 6.42. The van der Waals surface area contributed by atoms with Crippen LogP contribution in [-0.2, 0) is 0 Å². The molecule has 1 atom stereocenters. The molecule has 2 rings (SSSR count). The predicted octanol–water partition coefficient (Wildman–Crippen LogP) is 2.96. The largest absolute Gasteiger partial charge is 0.338 e. The molecule has 1 heterocycles. The summed E-state index contributed by atoms with van der Waals surface area (Å²) in [5.41, 5.74) is -1.64. The molecule has 1 saturated heterocycles. The van der Waals surface area contributed by atoms with Crippen LogP contribution in [0.5, 0.6) is 0 Å². The molecule has 0 bridgehead atoms. The van der Waals surface area contributed by atoms with Gasteiger partial charge in [0.1, 0.15) is 5.82 Å². The molecule has 0 aliphatic carbocycles. The maximum Gasteiger partial charge on any atom is 0.308 e. The van der Waals surface area contributed by atoms with Crippen LogP contribution in [-0.4, -0.2) is 34.7 Å². The van der Waals surface area contributed by atoms with E-state index in [2.05, 4.69) is 0 Å². The minimum absolute atomic E-state index is 0.220. The SMILES string of the molecule is O=C(c1cc(F)cc([N+](=O)[O-])c1F)N1CCC(CCCl)C1. The lowest BCUT2D eigenvalue weighted by atomic mass is 10.1. The van der Waals surface area contributed by atoms with Crippen molar-refractivity contribution in [3.05, 3.63) is 39.4 Å². The zero-order valence-electron chi connectivity index (χ0n) is 11.0. The Morgan fingerprint density at radius 3 is 2.81 bits per heavy atom. The number of halogens is 3. The van der Waals surface area contributed by atoms with Crippen LogP contribution in [0.3, 0.4) is 0 Å². The number of alkyl halides is 1. The molecule has 8 heteroatoms. The van der Waals surface area contributed by atoms with Crippen LogP contribution in [0.25, 0.3) is 0 Å². The molecule has 1 amide bonds. The zero-order valence-corrected chi connectivity index (χ0v) is 11.8. The lowest BCUT2D eigenvalue weighted by molar-refractivity contribution is -0.387. The number of hydrogen-bond acceptors (Lipinski definition) is 3. The second-order valence-electron chi connectivity index (χ2n) is 4.93. The van der Waals surface area contributed by atoms with Crippen molar-refractivity contribution in [2.75, 3.05) is 19.0 Å². The van der Waals surface area contributed by atoms with Gasteiger partial charge in [0.25, 0.3) is 5.91 Å². The summed E-state index contributed by atoms with van der Waals surface area (Å²) < 4.78 is 27.3. The van der Waals surface area contributed by atoms with Gasteiger partial charge in [-0.25, -0.2) is 4.39 Å². The van der Waals surface area contributed by atoms with Gasteiger partial charge in [0.05, 0.1) is 16.6 Å². The normalized spacial score (nSPS) is 18.0. The molecule has 0 radical (unpaired) electrons. The van der Waals surface area contributed by atoms with Crippen molar-refractivity contribution < 1.29 is 18.5 Å². The Kier molecular flexibility index (Phi) is 4.72. The summed E-state index contributed by atoms with van der Waals surface area (Å²) >= 11 is 5.64. The quantitative estimate of drug-likeness (QED) is 0.487. The molecule has 5 nitrogen and oxygen atoms in total. The van der Waals surface area contributed by atoms with E-state index >= 15 is 0 Å². The molecule has 0 N–H and O–H groups in total. The number of amides is 1. The smallest absolute Gasteiger partial charge is 0.308 e. The fraction of sp³-hybridized carbons (Fsp3) is 0.462. The summed E-state index contributed by atoms with van der Waals surface area (Å²) in [4.78, 5) is 23.2. The van der Waals surface area contributed by atoms with Crippen LogP contribution in [0, 0.1) is 27.7 Å². The van der Waals surface area contributed by atoms with Gasteiger partial charge in [-0.1, -0.05) is 0 Å². The Morgan fingerprint density at radius 2 is 2.19 bits per heavy atom. The molecule has 1 aromatic rings. The van der Waals surface area contributed by atoms with Crippen LogP contribution < -0.4 is 0 Å². The van der Waals surface area contributed by atoms with Gasteiger partial charge in [0.2, 0.25) is 5.82 Å². The van der Waals surface area contributed by atoms with E-state index in [1.54, 1.807) is 0 Å². The molecular formula is C13H13ClF2N2O3. The van der Waals surface area contributed by atoms with E-state index in [-0.39, 0.29) is 5.92 Å². The second kappa shape index (κ2) is 6.34. The van der Waals surface area contributed by atoms with Gasteiger partial charge in [-0.05, 0) is 24.8 Å². The Balaban J connectivity index is 2.26. The van der Waals surface area contributed by atoms with Crippen LogP contribution >= 0.6 is 11.6 Å². The molecule has 1 unspecified atom stereocenters. The zero-order chi connectivity index (χ0) is 15.6. The number of carbonyl (C=O) groups is 1. The number of likely N-dealkylation sites (tertiary alicyclic amines) is 1. The molecule has 0 saturated carbocycles. The summed E-state index contributed by atoms with van der Waals surface area (Å²) in [6.07, 6.45) is 1.47. The maximum absolute atomic E-state index is 14.0. The Morgan fingerprint density at radius 1 is 1.48 bits per heavy atom. The van der Waals surface area contributed by atoms with Crippen LogP contribution in [0.4, 0.5) is 14.5 Å². The third kappa shape index (κ3) is 3.29. The van der Waals surface area contributed by atoms with Gasteiger partial charge in [-0.15, -0.1) is 11.6 Å². The third-order valence-corrected chi connectivity index (χ3v) is 3.75. The minimum atomic E-state index is -1.30. The maximum atomic E-state index is 14.0. The topological polar surface area (TPSA) is 63.4 Å². The fourth-order valence-electron chi connectivity index (χ4n) is 2.44. The Bertz CT molecular complexity index is 583. The van der Waals surface area contributed by atoms with Crippen molar-refractivity contribution in [2.24, 2.45) is 5.92 Å². The number of rotatable bonds is 4. The van der Waals surface area contributed by atoms with E-state index in [0.29, 0.717) is 31.1 Å². The lowest BCUT2D eigenvalue weighted by Crippen LogP contribution is -2.29. The van der Waals surface area contributed by atoms with Crippen LogP contribution in [0.2, 0.25) is 0 Å². The summed E-state index contributed by atoms with van der Waals surface area (Å²) in [6.45, 7) is 0.805. The van der Waals surface area contributed by atoms with E-state index in [9.17, 15) is 23.7 Å². The molecule has 114 valence electrons. The van der Waals surface area contributed by atoms with E-state index in [1.165, 1.54) is 4.90 Å². The van der Waals surface area contributed by atoms with Crippen molar-refractivity contribution in [3.63, 3.8) is 0 Å². The first kappa shape index (κ1) is 15.6. The average molecular weight is 319 g/mol. The molecule has 1 aliphatic rings. The summed E-state index contributed by atoms with van der Waals surface area (Å²) in [5.74, 6) is -2.35. The molecule has 1 aromatic carbocycles. The number of nitrogens with zero attached hydrogens (tertiary/aromatic N) is 2. The van der Waals surface area contributed by atoms with Crippen LogP contribution in [0.1, 0.15) is 23.2 Å². The van der Waals surface area contributed by atoms with Crippen LogP contribution in [0.15, 0.2) is 12.1 Å². The van der Waals surface area contributed by atoms with E-state index in [1.807, 2.05) is 0 Å². The third-order valence-electron chi connectivity index (χ3n) is 3.54. The summed E-state index contributed by atoms with van der Waals surface area (Å²) in [5, 5.41) is 10.7. The summed E-state index contributed by atoms with van der Waals surface area (Å²) in [6, 6.07) is 1.16. The van der Waals surface area contributed by atoms with Gasteiger partial charge in [0, 0.05) is 19.0 Å². The average Bonchev–Trinajstić information content (AvgIpc) is 2.89. The van der Waals surface area contributed by atoms with Crippen molar-refractivity contribution in [1.82, 2.24) is 4.90 Å². The fourth-order valence-corrected chi connectivity index (χ4v) is 2.75. The number of nitro groups is 1. The molecule has 21 heavy (non-hydrogen) atoms. The summed E-state index contributed by atoms with van der Waals surface area (Å²) in [7, 11) is 0. The highest BCUT2D eigenvalue weighted by Gasteiger charge is 2.31. The van der Waals surface area contributed by atoms with Gasteiger partial charge in [0.15, 0.2) is 0 Å². The highest BCUT2D eigenvalue weighted by atomic mass is 35.5. The minimum Gasteiger partial charge on any atom is -0.338 e. The molecular weight excluding hydrogens is 306 g/mol. The van der Waals surface area contributed by atoms with Gasteiger partial charge >= 0.3 is 5.69 Å². The number of carbonyl (C=O) groups excluding carboxylic acids is 1. The van der Waals surface area contributed by atoms with Gasteiger partial charge in [-0.3, -0.25) is 14.9 Å². The van der Waals surface area contributed by atoms with Crippen molar-refractivity contribution in [3.8, 4) is 0 Å². The van der Waals surface area contributed by atoms with Crippen molar-refractivity contribution in [1.29, 1.82) is 0 Å². The van der Waals surface area contributed by atoms with E-state index in [0.717, 1.165) is 12.8 Å². The first-order valence-corrected chi connectivity index (χ1v) is 6.96. The van der Waals surface area contributed by atoms with Gasteiger partial charge < -0.3 is 4.90 Å². The number of nitro benzene ring substituents is 1. The molecule has 1 aliphatic heterocycles. The van der Waals surface area contributed by atoms with Gasteiger partial charge in [-0.2, -0.15) is 4.39 Å². The number of benzene rings is 1. The van der Waals surface area contributed by atoms with E-state index < -0.39 is 33.7 Å². The van der Waals surface area contributed by atoms with Crippen molar-refractivity contribution >= 4 is 23.2 Å². The predicted molar refractivity (Wildman–Crippen MR) is 72.4 cm³/mol. The highest BCUT2D eigenvalue weighted by Crippen LogP contribution is 2.26. The Hall–Kier alpha value is -1.76. The molecule has 0 aromatic heterocycles. The monoisotopic (exact) mass is 318 g/mol. The lowest BCUT2D eigenvalue weighted by Gasteiger charge is -2.16. The van der Waals surface area contributed by atoms with E-state index in [4.69, 9.17) is 11.6 Å². The molecule has 0 spiro atoms. The van der Waals surface area contributed by atoms with Crippen molar-refractivity contribution in [2.45, 2.75) is 12.8 Å². The number of hydrogen-bond donors (Lipinski definition) is 0. The standard InChI is InChI=1S/C13H13ClF2N2O3/c14-3-1-8-2-4-17(7-8)13(19)10-5-9(15)6-11(12(10)16)18(20)21/h5-6,8H,1-4,7H2. The molecule has 1 fully saturated rings. The first-order chi connectivity index (χ1) is 9.93. The highest BCUT2D eigenvalue weighted by molar-refractivity contribution is 6.17. The Labute approximate surface area is 124 Å².